The molecule has 0 spiro atoms. The van der Waals surface area contributed by atoms with Crippen LogP contribution in [0.25, 0.3) is 0 Å². The average Bonchev–Trinajstić information content (AvgIpc) is 2.32. The number of rotatable bonds is 0. The van der Waals surface area contributed by atoms with Crippen LogP contribution in [0, 0.1) is 0 Å². The summed E-state index contributed by atoms with van der Waals surface area (Å²) in [5.41, 5.74) is -0.435. The van der Waals surface area contributed by atoms with Gasteiger partial charge in [-0.25, -0.2) is 4.79 Å². The van der Waals surface area contributed by atoms with Gasteiger partial charge in [-0.2, -0.15) is 10.1 Å². The molecular weight excluding hydrogens is 156 g/mol. The highest BCUT2D eigenvalue weighted by atomic mass is 16.6. The highest BCUT2D eigenvalue weighted by molar-refractivity contribution is 5.72. The minimum absolute atomic E-state index is 0.365. The molecule has 0 saturated heterocycles. The second-order valence-electron chi connectivity index (χ2n) is 3.69. The number of carbonyl (C=O) groups excluding carboxylic acids is 1. The Hall–Kier alpha value is -1.06. The predicted octanol–water partition coefficient (Wildman–Crippen LogP) is 1.61. The van der Waals surface area contributed by atoms with E-state index in [0.29, 0.717) is 6.54 Å². The molecule has 12 heavy (non-hydrogen) atoms. The Balaban J connectivity index is 2.43. The third kappa shape index (κ3) is 2.53. The minimum Gasteiger partial charge on any atom is -0.442 e. The van der Waals surface area contributed by atoms with E-state index in [2.05, 4.69) is 5.10 Å². The second-order valence-corrected chi connectivity index (χ2v) is 3.69. The fourth-order valence-electron chi connectivity index (χ4n) is 0.847. The van der Waals surface area contributed by atoms with Crippen molar-refractivity contribution in [2.75, 3.05) is 6.54 Å². The van der Waals surface area contributed by atoms with E-state index in [9.17, 15) is 4.79 Å². The summed E-state index contributed by atoms with van der Waals surface area (Å²) in [7, 11) is 0. The summed E-state index contributed by atoms with van der Waals surface area (Å²) in [5, 5.41) is 5.19. The number of ether oxygens (including phenoxy) is 1. The Morgan fingerprint density at radius 1 is 1.58 bits per heavy atom. The van der Waals surface area contributed by atoms with E-state index in [4.69, 9.17) is 4.74 Å². The highest BCUT2D eigenvalue weighted by Crippen LogP contribution is 2.11. The molecular formula is C8H14N2O2. The maximum absolute atomic E-state index is 11.3. The third-order valence-corrected chi connectivity index (χ3v) is 1.30. The Morgan fingerprint density at radius 2 is 2.25 bits per heavy atom. The van der Waals surface area contributed by atoms with Crippen LogP contribution in [0.1, 0.15) is 27.2 Å². The molecule has 1 amide bonds. The van der Waals surface area contributed by atoms with E-state index in [1.807, 2.05) is 20.8 Å². The smallest absolute Gasteiger partial charge is 0.430 e. The van der Waals surface area contributed by atoms with Crippen molar-refractivity contribution in [1.29, 1.82) is 0 Å². The summed E-state index contributed by atoms with van der Waals surface area (Å²) in [5.74, 6) is 0. The maximum Gasteiger partial charge on any atom is 0.430 e. The molecule has 0 unspecified atom stereocenters. The number of hydrogen-bond donors (Lipinski definition) is 0. The number of carbonyl (C=O) groups is 1. The van der Waals surface area contributed by atoms with E-state index in [-0.39, 0.29) is 6.09 Å². The van der Waals surface area contributed by atoms with Crippen LogP contribution in [0.5, 0.6) is 0 Å². The summed E-state index contributed by atoms with van der Waals surface area (Å²) in [6.07, 6.45) is 2.17. The average molecular weight is 170 g/mol. The van der Waals surface area contributed by atoms with Gasteiger partial charge in [0, 0.05) is 12.6 Å². The van der Waals surface area contributed by atoms with Crippen LogP contribution in [0.4, 0.5) is 4.79 Å². The zero-order chi connectivity index (χ0) is 9.19. The van der Waals surface area contributed by atoms with Gasteiger partial charge in [0.15, 0.2) is 0 Å². The number of hydrazone groups is 1. The van der Waals surface area contributed by atoms with Crippen molar-refractivity contribution in [3.05, 3.63) is 0 Å². The molecule has 1 aliphatic heterocycles. The van der Waals surface area contributed by atoms with Gasteiger partial charge in [0.1, 0.15) is 5.60 Å². The van der Waals surface area contributed by atoms with Crippen LogP contribution in [0.15, 0.2) is 5.10 Å². The van der Waals surface area contributed by atoms with Crippen molar-refractivity contribution in [2.45, 2.75) is 32.8 Å². The van der Waals surface area contributed by atoms with Crippen molar-refractivity contribution >= 4 is 12.3 Å². The van der Waals surface area contributed by atoms with Crippen molar-refractivity contribution in [2.24, 2.45) is 5.10 Å². The monoisotopic (exact) mass is 170 g/mol. The van der Waals surface area contributed by atoms with Gasteiger partial charge in [0.2, 0.25) is 0 Å². The standard InChI is InChI=1S/C8H14N2O2/c1-8(2,3)12-7(11)10-6-4-5-9-10/h5H,4,6H2,1-3H3. The first kappa shape index (κ1) is 9.03. The van der Waals surface area contributed by atoms with Crippen molar-refractivity contribution in [3.63, 3.8) is 0 Å². The lowest BCUT2D eigenvalue weighted by Crippen LogP contribution is -2.32. The molecule has 1 rings (SSSR count). The van der Waals surface area contributed by atoms with E-state index >= 15 is 0 Å². The van der Waals surface area contributed by atoms with Gasteiger partial charge in [-0.05, 0) is 20.8 Å². The van der Waals surface area contributed by atoms with E-state index in [1.165, 1.54) is 5.01 Å². The van der Waals surface area contributed by atoms with Gasteiger partial charge < -0.3 is 4.74 Å². The Morgan fingerprint density at radius 3 is 2.67 bits per heavy atom. The zero-order valence-corrected chi connectivity index (χ0v) is 7.70. The van der Waals surface area contributed by atoms with Crippen LogP contribution in [-0.4, -0.2) is 29.5 Å². The third-order valence-electron chi connectivity index (χ3n) is 1.30. The molecule has 4 heteroatoms. The number of nitrogens with zero attached hydrogens (tertiary/aromatic N) is 2. The van der Waals surface area contributed by atoms with Gasteiger partial charge in [0.05, 0.1) is 6.54 Å². The molecule has 0 saturated carbocycles. The van der Waals surface area contributed by atoms with E-state index in [1.54, 1.807) is 6.21 Å². The van der Waals surface area contributed by atoms with Gasteiger partial charge in [0.25, 0.3) is 0 Å². The molecule has 1 heterocycles. The highest BCUT2D eigenvalue weighted by Gasteiger charge is 2.22. The van der Waals surface area contributed by atoms with Crippen molar-refractivity contribution < 1.29 is 9.53 Å². The van der Waals surface area contributed by atoms with E-state index in [0.717, 1.165) is 6.42 Å². The largest absolute Gasteiger partial charge is 0.442 e. The number of amides is 1. The molecule has 0 aromatic carbocycles. The summed E-state index contributed by atoms with van der Waals surface area (Å²) < 4.78 is 5.09. The molecule has 0 atom stereocenters. The summed E-state index contributed by atoms with van der Waals surface area (Å²) in [6, 6.07) is 0. The van der Waals surface area contributed by atoms with Crippen LogP contribution >= 0.6 is 0 Å². The quantitative estimate of drug-likeness (QED) is 0.554. The lowest BCUT2D eigenvalue weighted by Gasteiger charge is -2.22. The molecule has 1 aliphatic rings. The fourth-order valence-corrected chi connectivity index (χ4v) is 0.847. The SMILES string of the molecule is CC(C)(C)OC(=O)N1CCC=N1. The van der Waals surface area contributed by atoms with Gasteiger partial charge in [-0.15, -0.1) is 0 Å². The molecule has 68 valence electrons. The van der Waals surface area contributed by atoms with Gasteiger partial charge >= 0.3 is 6.09 Å². The Bertz CT molecular complexity index is 206. The Kier molecular flexibility index (Phi) is 2.35. The molecule has 0 N–H and O–H groups in total. The normalized spacial score (nSPS) is 16.8. The lowest BCUT2D eigenvalue weighted by molar-refractivity contribution is 0.0276. The first-order valence-electron chi connectivity index (χ1n) is 4.02. The number of hydrogen-bond acceptors (Lipinski definition) is 3. The first-order valence-corrected chi connectivity index (χ1v) is 4.02. The van der Waals surface area contributed by atoms with E-state index < -0.39 is 5.60 Å². The maximum atomic E-state index is 11.3. The van der Waals surface area contributed by atoms with Crippen LogP contribution < -0.4 is 0 Å². The molecule has 0 radical (unpaired) electrons. The Labute approximate surface area is 72.2 Å². The topological polar surface area (TPSA) is 41.9 Å². The van der Waals surface area contributed by atoms with Crippen LogP contribution in [0.3, 0.4) is 0 Å². The van der Waals surface area contributed by atoms with Gasteiger partial charge in [-0.3, -0.25) is 0 Å². The minimum atomic E-state index is -0.435. The van der Waals surface area contributed by atoms with Crippen LogP contribution in [-0.2, 0) is 4.74 Å². The molecule has 0 fully saturated rings. The molecule has 4 nitrogen and oxygen atoms in total. The summed E-state index contributed by atoms with van der Waals surface area (Å²) in [6.45, 7) is 6.15. The molecule has 0 aromatic rings. The first-order chi connectivity index (χ1) is 5.49. The fraction of sp³-hybridized carbons (Fsp3) is 0.750. The molecule has 0 aliphatic carbocycles. The van der Waals surface area contributed by atoms with Crippen LogP contribution in [0.2, 0.25) is 0 Å². The van der Waals surface area contributed by atoms with Gasteiger partial charge in [-0.1, -0.05) is 0 Å². The molecule has 0 bridgehead atoms. The predicted molar refractivity (Wildman–Crippen MR) is 46.0 cm³/mol. The summed E-state index contributed by atoms with van der Waals surface area (Å²) in [4.78, 5) is 11.3. The lowest BCUT2D eigenvalue weighted by atomic mass is 10.2. The van der Waals surface area contributed by atoms with Crippen molar-refractivity contribution in [3.8, 4) is 0 Å². The van der Waals surface area contributed by atoms with Crippen molar-refractivity contribution in [1.82, 2.24) is 5.01 Å². The zero-order valence-electron chi connectivity index (χ0n) is 7.70. The summed E-state index contributed by atoms with van der Waals surface area (Å²) >= 11 is 0. The second kappa shape index (κ2) is 3.13. The molecule has 0 aromatic heterocycles.